The summed E-state index contributed by atoms with van der Waals surface area (Å²) < 4.78 is 41.9. The van der Waals surface area contributed by atoms with E-state index >= 15 is 0 Å². The van der Waals surface area contributed by atoms with E-state index in [1.165, 1.54) is 24.3 Å². The van der Waals surface area contributed by atoms with Gasteiger partial charge in [-0.1, -0.05) is 76.8 Å². The van der Waals surface area contributed by atoms with Crippen LogP contribution in [0.2, 0.25) is 20.1 Å². The molecule has 2 N–H and O–H groups in total. The molecule has 1 saturated carbocycles. The number of carbonyl (C=O) groups is 2. The van der Waals surface area contributed by atoms with Crippen molar-refractivity contribution in [2.45, 2.75) is 37.0 Å². The standard InChI is InChI=1S/C28H20BrCl4F3N2O2/c29-21-11-15(4-8-20(28(34,35)36)17-12-22(31)24(33)23(32)13-17)3-7-19(21)25(39)38-27(9-10-27)26(40)37-14-16-1-5-18(30)6-2-16/h1-8,11-13,20H,9-10,14H2,(H,37,40)(H,38,39). The molecule has 1 aliphatic rings. The van der Waals surface area contributed by atoms with Crippen LogP contribution in [0.15, 0.2) is 65.1 Å². The summed E-state index contributed by atoms with van der Waals surface area (Å²) in [5.74, 6) is -2.78. The monoisotopic (exact) mass is 692 g/mol. The maximum Gasteiger partial charge on any atom is 0.399 e. The summed E-state index contributed by atoms with van der Waals surface area (Å²) >= 11 is 27.0. The third-order valence-electron chi connectivity index (χ3n) is 6.34. The average molecular weight is 695 g/mol. The molecular weight excluding hydrogens is 675 g/mol. The Balaban J connectivity index is 1.45. The third-order valence-corrected chi connectivity index (χ3v) is 8.45. The van der Waals surface area contributed by atoms with E-state index in [0.29, 0.717) is 27.9 Å². The van der Waals surface area contributed by atoms with Gasteiger partial charge in [0.05, 0.1) is 26.5 Å². The van der Waals surface area contributed by atoms with Crippen molar-refractivity contribution < 1.29 is 22.8 Å². The highest BCUT2D eigenvalue weighted by molar-refractivity contribution is 9.10. The Morgan fingerprint density at radius 1 is 0.975 bits per heavy atom. The van der Waals surface area contributed by atoms with Gasteiger partial charge in [0.25, 0.3) is 5.91 Å². The Kier molecular flexibility index (Phi) is 9.47. The quantitative estimate of drug-likeness (QED) is 0.231. The first-order valence-electron chi connectivity index (χ1n) is 11.8. The van der Waals surface area contributed by atoms with Crippen molar-refractivity contribution in [3.05, 3.63) is 107 Å². The predicted octanol–water partition coefficient (Wildman–Crippen LogP) is 9.00. The maximum atomic E-state index is 13.8. The van der Waals surface area contributed by atoms with E-state index in [1.54, 1.807) is 24.3 Å². The van der Waals surface area contributed by atoms with Crippen molar-refractivity contribution in [2.75, 3.05) is 0 Å². The van der Waals surface area contributed by atoms with E-state index in [0.717, 1.165) is 23.8 Å². The van der Waals surface area contributed by atoms with Crippen LogP contribution in [0.5, 0.6) is 0 Å². The van der Waals surface area contributed by atoms with Crippen LogP contribution in [0, 0.1) is 0 Å². The van der Waals surface area contributed by atoms with E-state index in [1.807, 2.05) is 0 Å². The molecule has 2 amide bonds. The van der Waals surface area contributed by atoms with Crippen LogP contribution in [0.25, 0.3) is 6.08 Å². The van der Waals surface area contributed by atoms with Crippen molar-refractivity contribution in [2.24, 2.45) is 0 Å². The Morgan fingerprint density at radius 3 is 2.15 bits per heavy atom. The number of hydrogen-bond donors (Lipinski definition) is 2. The van der Waals surface area contributed by atoms with Gasteiger partial charge in [0.15, 0.2) is 0 Å². The van der Waals surface area contributed by atoms with E-state index < -0.39 is 23.5 Å². The lowest BCUT2D eigenvalue weighted by atomic mass is 9.97. The van der Waals surface area contributed by atoms with Crippen LogP contribution in [0.3, 0.4) is 0 Å². The molecule has 0 radical (unpaired) electrons. The molecule has 210 valence electrons. The molecule has 40 heavy (non-hydrogen) atoms. The first kappa shape index (κ1) is 30.7. The van der Waals surface area contributed by atoms with Crippen LogP contribution < -0.4 is 10.6 Å². The van der Waals surface area contributed by atoms with E-state index in [2.05, 4.69) is 26.6 Å². The smallest absolute Gasteiger partial charge is 0.350 e. The Labute approximate surface area is 256 Å². The summed E-state index contributed by atoms with van der Waals surface area (Å²) in [6, 6.07) is 13.8. The molecule has 0 heterocycles. The second-order valence-electron chi connectivity index (χ2n) is 9.26. The molecule has 4 rings (SSSR count). The number of benzene rings is 3. The first-order chi connectivity index (χ1) is 18.8. The minimum atomic E-state index is -4.62. The average Bonchev–Trinajstić information content (AvgIpc) is 3.66. The fraction of sp³-hybridized carbons (Fsp3) is 0.214. The van der Waals surface area contributed by atoms with Gasteiger partial charge >= 0.3 is 6.18 Å². The Hall–Kier alpha value is -2.23. The fourth-order valence-electron chi connectivity index (χ4n) is 3.96. The maximum absolute atomic E-state index is 13.8. The van der Waals surface area contributed by atoms with Gasteiger partial charge < -0.3 is 10.6 Å². The molecule has 0 spiro atoms. The van der Waals surface area contributed by atoms with Gasteiger partial charge in [-0.3, -0.25) is 9.59 Å². The summed E-state index contributed by atoms with van der Waals surface area (Å²) in [6.45, 7) is 0.283. The van der Waals surface area contributed by atoms with Crippen molar-refractivity contribution in [1.82, 2.24) is 10.6 Å². The zero-order valence-corrected chi connectivity index (χ0v) is 25.0. The number of nitrogens with one attached hydrogen (secondary N) is 2. The molecule has 3 aromatic rings. The third kappa shape index (κ3) is 7.34. The molecule has 0 aromatic heterocycles. The normalized spacial score (nSPS) is 15.1. The van der Waals surface area contributed by atoms with E-state index in [-0.39, 0.29) is 38.6 Å². The Morgan fingerprint density at radius 2 is 1.60 bits per heavy atom. The molecule has 0 saturated heterocycles. The van der Waals surface area contributed by atoms with Gasteiger partial charge in [0.1, 0.15) is 5.54 Å². The van der Waals surface area contributed by atoms with Gasteiger partial charge in [-0.25, -0.2) is 0 Å². The summed E-state index contributed by atoms with van der Waals surface area (Å²) in [7, 11) is 0. The summed E-state index contributed by atoms with van der Waals surface area (Å²) in [4.78, 5) is 25.8. The van der Waals surface area contributed by atoms with Gasteiger partial charge in [0, 0.05) is 16.0 Å². The fourth-order valence-corrected chi connectivity index (χ4v) is 5.28. The van der Waals surface area contributed by atoms with Gasteiger partial charge in [-0.2, -0.15) is 13.2 Å². The highest BCUT2D eigenvalue weighted by Crippen LogP contribution is 2.41. The predicted molar refractivity (Wildman–Crippen MR) is 156 cm³/mol. The minimum Gasteiger partial charge on any atom is -0.350 e. The van der Waals surface area contributed by atoms with Gasteiger partial charge in [-0.15, -0.1) is 0 Å². The number of carbonyl (C=O) groups excluding carboxylic acids is 2. The molecule has 4 nitrogen and oxygen atoms in total. The van der Waals surface area contributed by atoms with Crippen LogP contribution in [0.1, 0.15) is 45.8 Å². The van der Waals surface area contributed by atoms with E-state index in [9.17, 15) is 22.8 Å². The lowest BCUT2D eigenvalue weighted by Gasteiger charge is -2.19. The van der Waals surface area contributed by atoms with Crippen molar-refractivity contribution in [1.29, 1.82) is 0 Å². The topological polar surface area (TPSA) is 58.2 Å². The molecule has 12 heteroatoms. The van der Waals surface area contributed by atoms with Crippen molar-refractivity contribution in [3.63, 3.8) is 0 Å². The molecule has 1 fully saturated rings. The number of alkyl halides is 3. The largest absolute Gasteiger partial charge is 0.399 e. The van der Waals surface area contributed by atoms with E-state index in [4.69, 9.17) is 46.4 Å². The second-order valence-corrected chi connectivity index (χ2v) is 11.7. The highest BCUT2D eigenvalue weighted by Gasteiger charge is 2.51. The number of hydrogen-bond acceptors (Lipinski definition) is 2. The first-order valence-corrected chi connectivity index (χ1v) is 14.1. The van der Waals surface area contributed by atoms with Crippen molar-refractivity contribution in [3.8, 4) is 0 Å². The SMILES string of the molecule is O=C(NC1(C(=O)NCc2ccc(Cl)cc2)CC1)c1ccc(C=CC(c2cc(Cl)c(Cl)c(Cl)c2)C(F)(F)F)cc1Br. The Bertz CT molecular complexity index is 1450. The molecule has 0 bridgehead atoms. The van der Waals surface area contributed by atoms with Crippen molar-refractivity contribution >= 4 is 80.2 Å². The number of rotatable bonds is 8. The van der Waals surface area contributed by atoms with Crippen LogP contribution in [0.4, 0.5) is 13.2 Å². The molecule has 1 atom stereocenters. The molecule has 1 aliphatic carbocycles. The summed E-state index contributed by atoms with van der Waals surface area (Å²) in [6.07, 6.45) is -1.39. The zero-order chi connectivity index (χ0) is 29.2. The van der Waals surface area contributed by atoms with Crippen LogP contribution >= 0.6 is 62.3 Å². The van der Waals surface area contributed by atoms with Gasteiger partial charge in [-0.05, 0) is 81.9 Å². The number of amides is 2. The lowest BCUT2D eigenvalue weighted by Crippen LogP contribution is -2.48. The zero-order valence-electron chi connectivity index (χ0n) is 20.4. The number of halogens is 8. The highest BCUT2D eigenvalue weighted by atomic mass is 79.9. The lowest BCUT2D eigenvalue weighted by molar-refractivity contribution is -0.139. The summed E-state index contributed by atoms with van der Waals surface area (Å²) in [5.41, 5.74) is 0.328. The molecule has 0 aliphatic heterocycles. The second kappa shape index (κ2) is 12.3. The summed E-state index contributed by atoms with van der Waals surface area (Å²) in [5, 5.41) is 6.01. The number of allylic oxidation sites excluding steroid dienone is 1. The van der Waals surface area contributed by atoms with Gasteiger partial charge in [0.2, 0.25) is 5.91 Å². The molecule has 1 unspecified atom stereocenters. The molecule has 3 aromatic carbocycles. The minimum absolute atomic E-state index is 0.0261. The van der Waals surface area contributed by atoms with Crippen LogP contribution in [-0.4, -0.2) is 23.5 Å². The molecular formula is C28H20BrCl4F3N2O2. The van der Waals surface area contributed by atoms with Crippen LogP contribution in [-0.2, 0) is 11.3 Å².